The van der Waals surface area contributed by atoms with E-state index in [4.69, 9.17) is 5.73 Å². The molecule has 0 aromatic carbocycles. The molecule has 0 saturated heterocycles. The van der Waals surface area contributed by atoms with Gasteiger partial charge in [-0.2, -0.15) is 0 Å². The second-order valence-electron chi connectivity index (χ2n) is 2.34. The molecule has 0 atom stereocenters. The molecule has 0 aliphatic carbocycles. The first-order valence-corrected chi connectivity index (χ1v) is 2.51. The Labute approximate surface area is 57.2 Å². The SMILES string of the molecule is CNC(C)(C)CN.Cl. The molecule has 0 rings (SSSR count). The van der Waals surface area contributed by atoms with Crippen LogP contribution in [0.25, 0.3) is 0 Å². The minimum absolute atomic E-state index is 0. The highest BCUT2D eigenvalue weighted by Crippen LogP contribution is 1.93. The molecule has 0 saturated carbocycles. The molecule has 8 heavy (non-hydrogen) atoms. The molecule has 0 amide bonds. The molecule has 0 fully saturated rings. The zero-order valence-corrected chi connectivity index (χ0v) is 6.51. The van der Waals surface area contributed by atoms with E-state index in [1.54, 1.807) is 0 Å². The highest BCUT2D eigenvalue weighted by molar-refractivity contribution is 5.85. The molecular formula is C5H15ClN2. The van der Waals surface area contributed by atoms with Crippen LogP contribution in [0, 0.1) is 0 Å². The first-order chi connectivity index (χ1) is 3.12. The highest BCUT2D eigenvalue weighted by atomic mass is 35.5. The maximum absolute atomic E-state index is 5.35. The van der Waals surface area contributed by atoms with Crippen LogP contribution in [0.1, 0.15) is 13.8 Å². The zero-order chi connectivity index (χ0) is 5.91. The number of likely N-dealkylation sites (N-methyl/N-ethyl adjacent to an activating group) is 1. The summed E-state index contributed by atoms with van der Waals surface area (Å²) >= 11 is 0. The van der Waals surface area contributed by atoms with Gasteiger partial charge in [-0.05, 0) is 20.9 Å². The van der Waals surface area contributed by atoms with Crippen molar-refractivity contribution in [2.45, 2.75) is 19.4 Å². The van der Waals surface area contributed by atoms with E-state index in [0.29, 0.717) is 6.54 Å². The maximum atomic E-state index is 5.35. The van der Waals surface area contributed by atoms with E-state index < -0.39 is 0 Å². The van der Waals surface area contributed by atoms with Crippen LogP contribution in [0.3, 0.4) is 0 Å². The number of hydrogen-bond acceptors (Lipinski definition) is 2. The van der Waals surface area contributed by atoms with Crippen molar-refractivity contribution in [1.29, 1.82) is 0 Å². The van der Waals surface area contributed by atoms with Crippen molar-refractivity contribution in [3.05, 3.63) is 0 Å². The van der Waals surface area contributed by atoms with Crippen LogP contribution in [0.5, 0.6) is 0 Å². The van der Waals surface area contributed by atoms with Gasteiger partial charge in [0.2, 0.25) is 0 Å². The average Bonchev–Trinajstić information content (AvgIpc) is 1.68. The second kappa shape index (κ2) is 4.13. The fraction of sp³-hybridized carbons (Fsp3) is 1.00. The fourth-order valence-electron chi connectivity index (χ4n) is 0.102. The lowest BCUT2D eigenvalue weighted by atomic mass is 10.1. The van der Waals surface area contributed by atoms with Crippen LogP contribution in [0.15, 0.2) is 0 Å². The summed E-state index contributed by atoms with van der Waals surface area (Å²) in [4.78, 5) is 0. The predicted molar refractivity (Wildman–Crippen MR) is 39.4 cm³/mol. The van der Waals surface area contributed by atoms with E-state index in [1.807, 2.05) is 7.05 Å². The number of nitrogens with two attached hydrogens (primary N) is 1. The van der Waals surface area contributed by atoms with Gasteiger partial charge in [-0.25, -0.2) is 0 Å². The number of hydrogen-bond donors (Lipinski definition) is 2. The van der Waals surface area contributed by atoms with E-state index in [-0.39, 0.29) is 17.9 Å². The van der Waals surface area contributed by atoms with Crippen LogP contribution in [0.2, 0.25) is 0 Å². The first-order valence-electron chi connectivity index (χ1n) is 2.51. The molecule has 2 nitrogen and oxygen atoms in total. The molecule has 0 bridgehead atoms. The van der Waals surface area contributed by atoms with Crippen molar-refractivity contribution < 1.29 is 0 Å². The monoisotopic (exact) mass is 138 g/mol. The smallest absolute Gasteiger partial charge is 0.0244 e. The molecule has 0 heterocycles. The van der Waals surface area contributed by atoms with Gasteiger partial charge >= 0.3 is 0 Å². The normalized spacial score (nSPS) is 10.5. The largest absolute Gasteiger partial charge is 0.329 e. The molecule has 52 valence electrons. The molecule has 0 unspecified atom stereocenters. The molecule has 0 aromatic heterocycles. The third kappa shape index (κ3) is 4.37. The molecule has 0 aliphatic rings. The molecule has 0 radical (unpaired) electrons. The summed E-state index contributed by atoms with van der Waals surface area (Å²) in [6.45, 7) is 4.81. The third-order valence-electron chi connectivity index (χ3n) is 1.19. The fourth-order valence-corrected chi connectivity index (χ4v) is 0.102. The van der Waals surface area contributed by atoms with Crippen LogP contribution < -0.4 is 11.1 Å². The van der Waals surface area contributed by atoms with Crippen LogP contribution in [0.4, 0.5) is 0 Å². The summed E-state index contributed by atoms with van der Waals surface area (Å²) in [5, 5.41) is 3.07. The molecule has 0 spiro atoms. The van der Waals surface area contributed by atoms with Gasteiger partial charge in [0.1, 0.15) is 0 Å². The standard InChI is InChI=1S/C5H14N2.ClH/c1-5(2,4-6)7-3;/h7H,4,6H2,1-3H3;1H. The minimum Gasteiger partial charge on any atom is -0.329 e. The predicted octanol–water partition coefficient (Wildman–Crippen LogP) is 0.365. The van der Waals surface area contributed by atoms with E-state index in [9.17, 15) is 0 Å². The van der Waals surface area contributed by atoms with Crippen LogP contribution >= 0.6 is 12.4 Å². The lowest BCUT2D eigenvalue weighted by molar-refractivity contribution is 0.436. The van der Waals surface area contributed by atoms with E-state index >= 15 is 0 Å². The van der Waals surface area contributed by atoms with Gasteiger partial charge in [0.05, 0.1) is 0 Å². The summed E-state index contributed by atoms with van der Waals surface area (Å²) < 4.78 is 0. The summed E-state index contributed by atoms with van der Waals surface area (Å²) in [5.41, 5.74) is 5.47. The van der Waals surface area contributed by atoms with Gasteiger partial charge in [0.25, 0.3) is 0 Å². The highest BCUT2D eigenvalue weighted by Gasteiger charge is 2.09. The van der Waals surface area contributed by atoms with Gasteiger partial charge in [0, 0.05) is 12.1 Å². The molecule has 3 heteroatoms. The Morgan fingerprint density at radius 2 is 1.88 bits per heavy atom. The third-order valence-corrected chi connectivity index (χ3v) is 1.19. The molecule has 0 aromatic rings. The molecular weight excluding hydrogens is 124 g/mol. The van der Waals surface area contributed by atoms with Gasteiger partial charge in [-0.15, -0.1) is 12.4 Å². The van der Waals surface area contributed by atoms with Gasteiger partial charge in [-0.3, -0.25) is 0 Å². The lowest BCUT2D eigenvalue weighted by Gasteiger charge is -2.20. The van der Waals surface area contributed by atoms with Crippen LogP contribution in [-0.2, 0) is 0 Å². The summed E-state index contributed by atoms with van der Waals surface area (Å²) in [6, 6.07) is 0. The van der Waals surface area contributed by atoms with Gasteiger partial charge in [0.15, 0.2) is 0 Å². The Morgan fingerprint density at radius 3 is 1.88 bits per heavy atom. The Hall–Kier alpha value is 0.210. The van der Waals surface area contributed by atoms with Gasteiger partial charge < -0.3 is 11.1 Å². The lowest BCUT2D eigenvalue weighted by Crippen LogP contribution is -2.43. The van der Waals surface area contributed by atoms with Crippen molar-refractivity contribution >= 4 is 12.4 Å². The van der Waals surface area contributed by atoms with Gasteiger partial charge in [-0.1, -0.05) is 0 Å². The Balaban J connectivity index is 0. The van der Waals surface area contributed by atoms with Crippen LogP contribution in [-0.4, -0.2) is 19.1 Å². The van der Waals surface area contributed by atoms with Crippen molar-refractivity contribution in [3.8, 4) is 0 Å². The number of nitrogens with one attached hydrogen (secondary N) is 1. The number of halogens is 1. The van der Waals surface area contributed by atoms with E-state index in [2.05, 4.69) is 19.2 Å². The summed E-state index contributed by atoms with van der Waals surface area (Å²) in [5.74, 6) is 0. The Kier molecular flexibility index (Phi) is 5.71. The Bertz CT molecular complexity index is 48.4. The first kappa shape index (κ1) is 11.1. The van der Waals surface area contributed by atoms with E-state index in [1.165, 1.54) is 0 Å². The van der Waals surface area contributed by atoms with Crippen molar-refractivity contribution in [1.82, 2.24) is 5.32 Å². The molecule has 3 N–H and O–H groups in total. The van der Waals surface area contributed by atoms with Crippen molar-refractivity contribution in [2.24, 2.45) is 5.73 Å². The maximum Gasteiger partial charge on any atom is 0.0244 e. The summed E-state index contributed by atoms with van der Waals surface area (Å²) in [6.07, 6.45) is 0. The van der Waals surface area contributed by atoms with Crippen molar-refractivity contribution in [3.63, 3.8) is 0 Å². The summed E-state index contributed by atoms with van der Waals surface area (Å²) in [7, 11) is 1.91. The average molecular weight is 139 g/mol. The Morgan fingerprint density at radius 1 is 1.50 bits per heavy atom. The second-order valence-corrected chi connectivity index (χ2v) is 2.34. The van der Waals surface area contributed by atoms with Crippen molar-refractivity contribution in [2.75, 3.05) is 13.6 Å². The minimum atomic E-state index is 0. The topological polar surface area (TPSA) is 38.0 Å². The van der Waals surface area contributed by atoms with E-state index in [0.717, 1.165) is 0 Å². The number of rotatable bonds is 2. The quantitative estimate of drug-likeness (QED) is 0.579. The zero-order valence-electron chi connectivity index (χ0n) is 5.69. The molecule has 0 aliphatic heterocycles.